The van der Waals surface area contributed by atoms with Gasteiger partial charge in [-0.25, -0.2) is 0 Å². The van der Waals surface area contributed by atoms with Crippen molar-refractivity contribution in [3.05, 3.63) is 55.7 Å². The standard InChI is InChI=1S/C17H22ClNS/c1-5-8-19-16(17-15(18)13(4)10-20-17)14-9-11(2)6-7-12(14)3/h6-7,9-10,16,19H,5,8H2,1-4H3. The molecule has 0 spiro atoms. The van der Waals surface area contributed by atoms with Crippen LogP contribution in [0.1, 0.15) is 46.5 Å². The van der Waals surface area contributed by atoms with Crippen molar-refractivity contribution in [1.82, 2.24) is 5.32 Å². The third-order valence-corrected chi connectivity index (χ3v) is 5.31. The van der Waals surface area contributed by atoms with E-state index in [1.807, 2.05) is 0 Å². The zero-order chi connectivity index (χ0) is 14.7. The summed E-state index contributed by atoms with van der Waals surface area (Å²) in [6.07, 6.45) is 1.11. The highest BCUT2D eigenvalue weighted by molar-refractivity contribution is 7.10. The highest BCUT2D eigenvalue weighted by atomic mass is 35.5. The van der Waals surface area contributed by atoms with Gasteiger partial charge in [0, 0.05) is 4.88 Å². The number of benzene rings is 1. The fraction of sp³-hybridized carbons (Fsp3) is 0.412. The molecule has 1 aromatic carbocycles. The monoisotopic (exact) mass is 307 g/mol. The molecule has 1 nitrogen and oxygen atoms in total. The number of thiophene rings is 1. The second kappa shape index (κ2) is 6.75. The van der Waals surface area contributed by atoms with E-state index in [0.717, 1.165) is 18.0 Å². The van der Waals surface area contributed by atoms with Gasteiger partial charge in [0.15, 0.2) is 0 Å². The van der Waals surface area contributed by atoms with E-state index in [-0.39, 0.29) is 6.04 Å². The smallest absolute Gasteiger partial charge is 0.0688 e. The summed E-state index contributed by atoms with van der Waals surface area (Å²) in [7, 11) is 0. The van der Waals surface area contributed by atoms with Gasteiger partial charge >= 0.3 is 0 Å². The van der Waals surface area contributed by atoms with Gasteiger partial charge in [0.1, 0.15) is 0 Å². The largest absolute Gasteiger partial charge is 0.306 e. The molecular formula is C17H22ClNS. The van der Waals surface area contributed by atoms with Gasteiger partial charge in [0.05, 0.1) is 11.1 Å². The Morgan fingerprint density at radius 2 is 1.95 bits per heavy atom. The number of rotatable bonds is 5. The third kappa shape index (κ3) is 3.25. The second-order valence-corrected chi connectivity index (χ2v) is 6.63. The van der Waals surface area contributed by atoms with Gasteiger partial charge in [0.2, 0.25) is 0 Å². The van der Waals surface area contributed by atoms with Crippen molar-refractivity contribution in [2.75, 3.05) is 6.54 Å². The average Bonchev–Trinajstić information content (AvgIpc) is 2.75. The Hall–Kier alpha value is -0.830. The van der Waals surface area contributed by atoms with Crippen LogP contribution in [0.3, 0.4) is 0 Å². The van der Waals surface area contributed by atoms with Crippen molar-refractivity contribution in [3.8, 4) is 0 Å². The van der Waals surface area contributed by atoms with Crippen LogP contribution in [0.5, 0.6) is 0 Å². The van der Waals surface area contributed by atoms with Gasteiger partial charge in [-0.1, -0.05) is 42.3 Å². The fourth-order valence-corrected chi connectivity index (χ4v) is 3.74. The average molecular weight is 308 g/mol. The zero-order valence-electron chi connectivity index (χ0n) is 12.6. The summed E-state index contributed by atoms with van der Waals surface area (Å²) in [6, 6.07) is 6.83. The summed E-state index contributed by atoms with van der Waals surface area (Å²) in [5, 5.41) is 6.70. The molecule has 108 valence electrons. The van der Waals surface area contributed by atoms with Gasteiger partial charge in [-0.05, 0) is 55.8 Å². The summed E-state index contributed by atoms with van der Waals surface area (Å²) in [6.45, 7) is 9.56. The summed E-state index contributed by atoms with van der Waals surface area (Å²) in [5.41, 5.74) is 5.10. The van der Waals surface area contributed by atoms with E-state index in [1.165, 1.54) is 27.1 Å². The predicted octanol–water partition coefficient (Wildman–Crippen LogP) is 5.42. The lowest BCUT2D eigenvalue weighted by molar-refractivity contribution is 0.603. The van der Waals surface area contributed by atoms with Crippen molar-refractivity contribution in [1.29, 1.82) is 0 Å². The van der Waals surface area contributed by atoms with E-state index in [4.69, 9.17) is 11.6 Å². The van der Waals surface area contributed by atoms with Crippen LogP contribution in [0.25, 0.3) is 0 Å². The van der Waals surface area contributed by atoms with Crippen molar-refractivity contribution >= 4 is 22.9 Å². The maximum atomic E-state index is 6.49. The minimum atomic E-state index is 0.195. The molecule has 0 aliphatic heterocycles. The highest BCUT2D eigenvalue weighted by Crippen LogP contribution is 2.37. The molecule has 0 fully saturated rings. The SMILES string of the molecule is CCCNC(c1cc(C)ccc1C)c1scc(C)c1Cl. The lowest BCUT2D eigenvalue weighted by Crippen LogP contribution is -2.23. The maximum Gasteiger partial charge on any atom is 0.0688 e. The van der Waals surface area contributed by atoms with Crippen LogP contribution in [-0.4, -0.2) is 6.54 Å². The first-order valence-corrected chi connectivity index (χ1v) is 8.34. The van der Waals surface area contributed by atoms with E-state index in [0.29, 0.717) is 0 Å². The van der Waals surface area contributed by atoms with E-state index in [2.05, 4.69) is 56.6 Å². The topological polar surface area (TPSA) is 12.0 Å². The Bertz CT molecular complexity index is 589. The van der Waals surface area contributed by atoms with Gasteiger partial charge < -0.3 is 5.32 Å². The van der Waals surface area contributed by atoms with Gasteiger partial charge in [0.25, 0.3) is 0 Å². The second-order valence-electron chi connectivity index (χ2n) is 5.34. The molecule has 1 N–H and O–H groups in total. The van der Waals surface area contributed by atoms with E-state index in [1.54, 1.807) is 11.3 Å². The Morgan fingerprint density at radius 1 is 1.20 bits per heavy atom. The normalized spacial score (nSPS) is 12.7. The molecule has 0 aliphatic rings. The minimum Gasteiger partial charge on any atom is -0.306 e. The van der Waals surface area contributed by atoms with Crippen molar-refractivity contribution in [3.63, 3.8) is 0 Å². The third-order valence-electron chi connectivity index (χ3n) is 3.53. The van der Waals surface area contributed by atoms with Crippen LogP contribution in [0.4, 0.5) is 0 Å². The molecule has 1 atom stereocenters. The van der Waals surface area contributed by atoms with Crippen LogP contribution in [-0.2, 0) is 0 Å². The quantitative estimate of drug-likeness (QED) is 0.778. The fourth-order valence-electron chi connectivity index (χ4n) is 2.35. The minimum absolute atomic E-state index is 0.195. The molecule has 0 saturated heterocycles. The van der Waals surface area contributed by atoms with E-state index < -0.39 is 0 Å². The Balaban J connectivity index is 2.47. The van der Waals surface area contributed by atoms with Crippen LogP contribution in [0.15, 0.2) is 23.6 Å². The lowest BCUT2D eigenvalue weighted by atomic mass is 9.97. The first-order chi connectivity index (χ1) is 9.54. The van der Waals surface area contributed by atoms with E-state index in [9.17, 15) is 0 Å². The number of hydrogen-bond donors (Lipinski definition) is 1. The summed E-state index contributed by atoms with van der Waals surface area (Å²) < 4.78 is 0. The number of hydrogen-bond acceptors (Lipinski definition) is 2. The number of halogens is 1. The molecule has 1 aromatic heterocycles. The Morgan fingerprint density at radius 3 is 2.55 bits per heavy atom. The molecule has 0 saturated carbocycles. The molecule has 1 unspecified atom stereocenters. The maximum absolute atomic E-state index is 6.49. The van der Waals surface area contributed by atoms with Gasteiger partial charge in [-0.2, -0.15) is 0 Å². The molecular weight excluding hydrogens is 286 g/mol. The van der Waals surface area contributed by atoms with Crippen LogP contribution >= 0.6 is 22.9 Å². The molecule has 20 heavy (non-hydrogen) atoms. The van der Waals surface area contributed by atoms with Crippen LogP contribution in [0.2, 0.25) is 5.02 Å². The number of aryl methyl sites for hydroxylation is 3. The molecule has 3 heteroatoms. The Labute approximate surface area is 131 Å². The van der Waals surface area contributed by atoms with Crippen LogP contribution < -0.4 is 5.32 Å². The van der Waals surface area contributed by atoms with Gasteiger partial charge in [-0.15, -0.1) is 11.3 Å². The van der Waals surface area contributed by atoms with E-state index >= 15 is 0 Å². The van der Waals surface area contributed by atoms with Crippen LogP contribution in [0, 0.1) is 20.8 Å². The summed E-state index contributed by atoms with van der Waals surface area (Å²) in [4.78, 5) is 1.23. The lowest BCUT2D eigenvalue weighted by Gasteiger charge is -2.21. The molecule has 2 aromatic rings. The highest BCUT2D eigenvalue weighted by Gasteiger charge is 2.21. The molecule has 0 aliphatic carbocycles. The molecule has 0 amide bonds. The Kier molecular flexibility index (Phi) is 5.25. The summed E-state index contributed by atoms with van der Waals surface area (Å²) in [5.74, 6) is 0. The zero-order valence-corrected chi connectivity index (χ0v) is 14.2. The summed E-state index contributed by atoms with van der Waals surface area (Å²) >= 11 is 8.24. The molecule has 2 rings (SSSR count). The number of nitrogens with one attached hydrogen (secondary N) is 1. The first-order valence-electron chi connectivity index (χ1n) is 7.08. The first kappa shape index (κ1) is 15.6. The molecule has 0 bridgehead atoms. The predicted molar refractivity (Wildman–Crippen MR) is 90.1 cm³/mol. The van der Waals surface area contributed by atoms with Crippen molar-refractivity contribution in [2.45, 2.75) is 40.2 Å². The van der Waals surface area contributed by atoms with Crippen molar-refractivity contribution < 1.29 is 0 Å². The van der Waals surface area contributed by atoms with Gasteiger partial charge in [-0.3, -0.25) is 0 Å². The molecule has 1 heterocycles. The molecule has 0 radical (unpaired) electrons. The van der Waals surface area contributed by atoms with Crippen molar-refractivity contribution in [2.24, 2.45) is 0 Å².